The molecule has 2 nitrogen and oxygen atoms in total. The highest BCUT2D eigenvalue weighted by Crippen LogP contribution is 2.18. The molecule has 1 unspecified atom stereocenters. The Labute approximate surface area is 81.9 Å². The van der Waals surface area contributed by atoms with E-state index in [0.717, 1.165) is 6.04 Å². The summed E-state index contributed by atoms with van der Waals surface area (Å²) in [6.45, 7) is 5.33. The van der Waals surface area contributed by atoms with E-state index in [1.54, 1.807) is 0 Å². The van der Waals surface area contributed by atoms with Gasteiger partial charge in [0.1, 0.15) is 0 Å². The minimum atomic E-state index is 0.878. The monoisotopic (exact) mass is 182 g/mol. The molecule has 0 aromatic rings. The number of hydrogen-bond acceptors (Lipinski definition) is 2. The summed E-state index contributed by atoms with van der Waals surface area (Å²) in [5, 5.41) is 0. The van der Waals surface area contributed by atoms with Crippen LogP contribution in [0.3, 0.4) is 0 Å². The molecule has 2 fully saturated rings. The first-order valence-electron chi connectivity index (χ1n) is 5.79. The lowest BCUT2D eigenvalue weighted by Gasteiger charge is -2.26. The standard InChI is InChI=1S/C11H22N2/c1-12-9-6-11(10-12)13-7-4-2-3-5-8-13/h11H,2-10H2,1H3. The van der Waals surface area contributed by atoms with Crippen LogP contribution < -0.4 is 0 Å². The van der Waals surface area contributed by atoms with Crippen LogP contribution in [0.15, 0.2) is 0 Å². The summed E-state index contributed by atoms with van der Waals surface area (Å²) in [6.07, 6.45) is 7.18. The maximum atomic E-state index is 2.73. The van der Waals surface area contributed by atoms with E-state index in [9.17, 15) is 0 Å². The van der Waals surface area contributed by atoms with Gasteiger partial charge in [0, 0.05) is 12.6 Å². The molecule has 0 spiro atoms. The molecule has 0 N–H and O–H groups in total. The van der Waals surface area contributed by atoms with E-state index in [-0.39, 0.29) is 0 Å². The van der Waals surface area contributed by atoms with Crippen LogP contribution in [-0.4, -0.2) is 49.1 Å². The lowest BCUT2D eigenvalue weighted by molar-refractivity contribution is 0.205. The Hall–Kier alpha value is -0.0800. The van der Waals surface area contributed by atoms with Crippen LogP contribution in [0, 0.1) is 0 Å². The smallest absolute Gasteiger partial charge is 0.0235 e. The van der Waals surface area contributed by atoms with Gasteiger partial charge in [0.05, 0.1) is 0 Å². The Balaban J connectivity index is 1.84. The zero-order valence-corrected chi connectivity index (χ0v) is 8.84. The van der Waals surface area contributed by atoms with Gasteiger partial charge in [0.2, 0.25) is 0 Å². The van der Waals surface area contributed by atoms with Crippen molar-refractivity contribution in [3.05, 3.63) is 0 Å². The van der Waals surface area contributed by atoms with Crippen LogP contribution in [0.25, 0.3) is 0 Å². The normalized spacial score (nSPS) is 33.5. The number of nitrogens with zero attached hydrogens (tertiary/aromatic N) is 2. The highest BCUT2D eigenvalue weighted by atomic mass is 15.2. The van der Waals surface area contributed by atoms with E-state index in [1.807, 2.05) is 0 Å². The van der Waals surface area contributed by atoms with Crippen molar-refractivity contribution in [3.63, 3.8) is 0 Å². The van der Waals surface area contributed by atoms with Crippen LogP contribution in [-0.2, 0) is 0 Å². The van der Waals surface area contributed by atoms with Crippen molar-refractivity contribution in [2.75, 3.05) is 33.2 Å². The van der Waals surface area contributed by atoms with Crippen molar-refractivity contribution in [1.29, 1.82) is 0 Å². The van der Waals surface area contributed by atoms with Gasteiger partial charge in [-0.3, -0.25) is 4.90 Å². The Morgan fingerprint density at radius 3 is 2.15 bits per heavy atom. The van der Waals surface area contributed by atoms with Crippen molar-refractivity contribution in [1.82, 2.24) is 9.80 Å². The summed E-state index contributed by atoms with van der Waals surface area (Å²) >= 11 is 0. The molecular formula is C11H22N2. The fourth-order valence-corrected chi connectivity index (χ4v) is 2.67. The van der Waals surface area contributed by atoms with Crippen LogP contribution in [0.4, 0.5) is 0 Å². The zero-order chi connectivity index (χ0) is 9.10. The molecule has 0 bridgehead atoms. The molecule has 0 aromatic carbocycles. The third kappa shape index (κ3) is 2.44. The minimum absolute atomic E-state index is 0.878. The van der Waals surface area contributed by atoms with E-state index >= 15 is 0 Å². The fraction of sp³-hybridized carbons (Fsp3) is 1.00. The summed E-state index contributed by atoms with van der Waals surface area (Å²) < 4.78 is 0. The van der Waals surface area contributed by atoms with Crippen LogP contribution in [0.2, 0.25) is 0 Å². The van der Waals surface area contributed by atoms with Gasteiger partial charge in [0.15, 0.2) is 0 Å². The van der Waals surface area contributed by atoms with Crippen LogP contribution >= 0.6 is 0 Å². The predicted molar refractivity (Wildman–Crippen MR) is 55.9 cm³/mol. The molecule has 0 amide bonds. The van der Waals surface area contributed by atoms with Gasteiger partial charge in [0.25, 0.3) is 0 Å². The van der Waals surface area contributed by atoms with E-state index < -0.39 is 0 Å². The predicted octanol–water partition coefficient (Wildman–Crippen LogP) is 1.57. The summed E-state index contributed by atoms with van der Waals surface area (Å²) in [6, 6.07) is 0.878. The first kappa shape index (κ1) is 9.47. The summed E-state index contributed by atoms with van der Waals surface area (Å²) in [7, 11) is 2.25. The summed E-state index contributed by atoms with van der Waals surface area (Å²) in [4.78, 5) is 5.20. The Kier molecular flexibility index (Phi) is 3.23. The van der Waals surface area contributed by atoms with Crippen molar-refractivity contribution >= 4 is 0 Å². The second kappa shape index (κ2) is 4.43. The lowest BCUT2D eigenvalue weighted by atomic mass is 10.2. The fourth-order valence-electron chi connectivity index (χ4n) is 2.67. The van der Waals surface area contributed by atoms with Crippen LogP contribution in [0.1, 0.15) is 32.1 Å². The molecule has 2 heterocycles. The van der Waals surface area contributed by atoms with Gasteiger partial charge < -0.3 is 4.90 Å². The Bertz CT molecular complexity index is 150. The van der Waals surface area contributed by atoms with Crippen molar-refractivity contribution in [2.45, 2.75) is 38.1 Å². The SMILES string of the molecule is CN1CCC(N2CCCCCC2)C1. The molecule has 13 heavy (non-hydrogen) atoms. The van der Waals surface area contributed by atoms with Crippen molar-refractivity contribution in [2.24, 2.45) is 0 Å². The molecule has 2 saturated heterocycles. The highest BCUT2D eigenvalue weighted by molar-refractivity contribution is 4.82. The van der Waals surface area contributed by atoms with E-state index in [0.29, 0.717) is 0 Å². The first-order valence-corrected chi connectivity index (χ1v) is 5.79. The van der Waals surface area contributed by atoms with Gasteiger partial charge in [-0.2, -0.15) is 0 Å². The van der Waals surface area contributed by atoms with Gasteiger partial charge in [-0.1, -0.05) is 12.8 Å². The van der Waals surface area contributed by atoms with E-state index in [2.05, 4.69) is 16.8 Å². The number of rotatable bonds is 1. The molecule has 76 valence electrons. The zero-order valence-electron chi connectivity index (χ0n) is 8.84. The topological polar surface area (TPSA) is 6.48 Å². The molecule has 2 aliphatic heterocycles. The highest BCUT2D eigenvalue weighted by Gasteiger charge is 2.25. The molecule has 0 saturated carbocycles. The van der Waals surface area contributed by atoms with Gasteiger partial charge in [-0.05, 0) is 45.9 Å². The van der Waals surface area contributed by atoms with E-state index in [4.69, 9.17) is 0 Å². The molecule has 0 aromatic heterocycles. The molecular weight excluding hydrogens is 160 g/mol. The Morgan fingerprint density at radius 1 is 0.923 bits per heavy atom. The average molecular weight is 182 g/mol. The average Bonchev–Trinajstić information content (AvgIpc) is 2.43. The first-order chi connectivity index (χ1) is 6.36. The van der Waals surface area contributed by atoms with Crippen molar-refractivity contribution in [3.8, 4) is 0 Å². The molecule has 2 rings (SSSR count). The minimum Gasteiger partial charge on any atom is -0.305 e. The maximum absolute atomic E-state index is 2.73. The molecule has 0 aliphatic carbocycles. The Morgan fingerprint density at radius 2 is 1.62 bits per heavy atom. The van der Waals surface area contributed by atoms with Crippen molar-refractivity contribution < 1.29 is 0 Å². The van der Waals surface area contributed by atoms with Crippen LogP contribution in [0.5, 0.6) is 0 Å². The summed E-state index contributed by atoms with van der Waals surface area (Å²) in [5.74, 6) is 0. The number of likely N-dealkylation sites (tertiary alicyclic amines) is 2. The maximum Gasteiger partial charge on any atom is 0.0235 e. The second-order valence-electron chi connectivity index (χ2n) is 4.65. The molecule has 2 heteroatoms. The summed E-state index contributed by atoms with van der Waals surface area (Å²) in [5.41, 5.74) is 0. The quantitative estimate of drug-likeness (QED) is 0.607. The third-order valence-electron chi connectivity index (χ3n) is 3.52. The van der Waals surface area contributed by atoms with E-state index in [1.165, 1.54) is 58.3 Å². The molecule has 1 atom stereocenters. The second-order valence-corrected chi connectivity index (χ2v) is 4.65. The van der Waals surface area contributed by atoms with Gasteiger partial charge >= 0.3 is 0 Å². The molecule has 2 aliphatic rings. The third-order valence-corrected chi connectivity index (χ3v) is 3.52. The lowest BCUT2D eigenvalue weighted by Crippen LogP contribution is -2.37. The van der Waals surface area contributed by atoms with Gasteiger partial charge in [-0.15, -0.1) is 0 Å². The number of hydrogen-bond donors (Lipinski definition) is 0. The largest absolute Gasteiger partial charge is 0.305 e. The van der Waals surface area contributed by atoms with Gasteiger partial charge in [-0.25, -0.2) is 0 Å². The molecule has 0 radical (unpaired) electrons. The number of likely N-dealkylation sites (N-methyl/N-ethyl adjacent to an activating group) is 1.